The van der Waals surface area contributed by atoms with Crippen LogP contribution in [0.1, 0.15) is 19.8 Å². The van der Waals surface area contributed by atoms with E-state index < -0.39 is 0 Å². The molecular weight excluding hydrogens is 152 g/mol. The molecule has 1 saturated heterocycles. The average molecular weight is 166 g/mol. The van der Waals surface area contributed by atoms with Crippen LogP contribution in [-0.2, 0) is 9.53 Å². The SMILES string of the molecule is C[C@H]1C=C[C@H]2CCOC(=O)[C@H]2C1. The molecule has 0 bridgehead atoms. The van der Waals surface area contributed by atoms with Gasteiger partial charge in [-0.2, -0.15) is 0 Å². The summed E-state index contributed by atoms with van der Waals surface area (Å²) in [6.07, 6.45) is 6.40. The van der Waals surface area contributed by atoms with E-state index in [9.17, 15) is 4.79 Å². The standard InChI is InChI=1S/C10H14O2/c1-7-2-3-8-4-5-12-10(11)9(8)6-7/h2-3,7-9H,4-6H2,1H3/t7-,8-,9-/m0/s1. The number of carbonyl (C=O) groups excluding carboxylic acids is 1. The van der Waals surface area contributed by atoms with Crippen molar-refractivity contribution in [1.82, 2.24) is 0 Å². The van der Waals surface area contributed by atoms with Crippen molar-refractivity contribution in [3.05, 3.63) is 12.2 Å². The molecule has 2 rings (SSSR count). The van der Waals surface area contributed by atoms with Crippen LogP contribution in [0.2, 0.25) is 0 Å². The van der Waals surface area contributed by atoms with Crippen molar-refractivity contribution in [3.63, 3.8) is 0 Å². The predicted octanol–water partition coefficient (Wildman–Crippen LogP) is 1.76. The van der Waals surface area contributed by atoms with Crippen LogP contribution in [-0.4, -0.2) is 12.6 Å². The number of fused-ring (bicyclic) bond motifs is 1. The van der Waals surface area contributed by atoms with Crippen molar-refractivity contribution >= 4 is 5.97 Å². The molecule has 2 heteroatoms. The van der Waals surface area contributed by atoms with E-state index in [0.29, 0.717) is 18.4 Å². The van der Waals surface area contributed by atoms with Crippen LogP contribution in [0.15, 0.2) is 12.2 Å². The van der Waals surface area contributed by atoms with Gasteiger partial charge in [0.25, 0.3) is 0 Å². The van der Waals surface area contributed by atoms with Crippen molar-refractivity contribution in [1.29, 1.82) is 0 Å². The first-order valence-electron chi connectivity index (χ1n) is 4.62. The second-order valence-corrected chi connectivity index (χ2v) is 3.82. The number of carbonyl (C=O) groups is 1. The molecule has 0 aromatic heterocycles. The largest absolute Gasteiger partial charge is 0.465 e. The van der Waals surface area contributed by atoms with Crippen LogP contribution >= 0.6 is 0 Å². The zero-order chi connectivity index (χ0) is 8.55. The first kappa shape index (κ1) is 7.84. The minimum Gasteiger partial charge on any atom is -0.465 e. The molecule has 1 aliphatic heterocycles. The van der Waals surface area contributed by atoms with Crippen LogP contribution in [0, 0.1) is 17.8 Å². The highest BCUT2D eigenvalue weighted by Crippen LogP contribution is 2.33. The molecule has 2 aliphatic rings. The van der Waals surface area contributed by atoms with E-state index in [1.807, 2.05) is 0 Å². The molecule has 1 heterocycles. The second-order valence-electron chi connectivity index (χ2n) is 3.82. The van der Waals surface area contributed by atoms with Gasteiger partial charge < -0.3 is 4.74 Å². The first-order chi connectivity index (χ1) is 5.77. The molecule has 2 nitrogen and oxygen atoms in total. The summed E-state index contributed by atoms with van der Waals surface area (Å²) in [5, 5.41) is 0. The summed E-state index contributed by atoms with van der Waals surface area (Å²) in [4.78, 5) is 11.3. The van der Waals surface area contributed by atoms with E-state index in [1.54, 1.807) is 0 Å². The van der Waals surface area contributed by atoms with Gasteiger partial charge in [0.1, 0.15) is 0 Å². The van der Waals surface area contributed by atoms with Gasteiger partial charge in [0.05, 0.1) is 12.5 Å². The lowest BCUT2D eigenvalue weighted by atomic mass is 9.77. The highest BCUT2D eigenvalue weighted by atomic mass is 16.5. The maximum absolute atomic E-state index is 11.3. The van der Waals surface area contributed by atoms with Crippen LogP contribution < -0.4 is 0 Å². The van der Waals surface area contributed by atoms with Crippen LogP contribution in [0.4, 0.5) is 0 Å². The van der Waals surface area contributed by atoms with Crippen molar-refractivity contribution in [2.45, 2.75) is 19.8 Å². The molecule has 0 amide bonds. The van der Waals surface area contributed by atoms with Crippen molar-refractivity contribution in [2.24, 2.45) is 17.8 Å². The smallest absolute Gasteiger partial charge is 0.309 e. The molecule has 0 saturated carbocycles. The minimum atomic E-state index is 0.0162. The van der Waals surface area contributed by atoms with Gasteiger partial charge in [0, 0.05) is 0 Å². The third-order valence-electron chi connectivity index (χ3n) is 2.83. The maximum Gasteiger partial charge on any atom is 0.309 e. The molecule has 3 atom stereocenters. The van der Waals surface area contributed by atoms with E-state index in [1.165, 1.54) is 0 Å². The summed E-state index contributed by atoms with van der Waals surface area (Å²) in [5.74, 6) is 1.17. The third-order valence-corrected chi connectivity index (χ3v) is 2.83. The summed E-state index contributed by atoms with van der Waals surface area (Å²) < 4.78 is 5.02. The Balaban J connectivity index is 2.16. The van der Waals surface area contributed by atoms with E-state index in [4.69, 9.17) is 4.74 Å². The highest BCUT2D eigenvalue weighted by Gasteiger charge is 2.34. The Bertz CT molecular complexity index is 220. The monoisotopic (exact) mass is 166 g/mol. The van der Waals surface area contributed by atoms with Gasteiger partial charge in [-0.05, 0) is 24.7 Å². The number of ether oxygens (including phenoxy) is 1. The predicted molar refractivity (Wildman–Crippen MR) is 45.5 cm³/mol. The Hall–Kier alpha value is -0.790. The molecule has 12 heavy (non-hydrogen) atoms. The average Bonchev–Trinajstić information content (AvgIpc) is 2.07. The first-order valence-corrected chi connectivity index (χ1v) is 4.62. The fraction of sp³-hybridized carbons (Fsp3) is 0.700. The van der Waals surface area contributed by atoms with Gasteiger partial charge in [0.2, 0.25) is 0 Å². The third kappa shape index (κ3) is 1.26. The molecule has 66 valence electrons. The zero-order valence-corrected chi connectivity index (χ0v) is 7.32. The van der Waals surface area contributed by atoms with E-state index in [0.717, 1.165) is 12.8 Å². The molecule has 0 aromatic carbocycles. The van der Waals surface area contributed by atoms with Gasteiger partial charge in [-0.3, -0.25) is 4.79 Å². The Kier molecular flexibility index (Phi) is 1.91. The van der Waals surface area contributed by atoms with Crippen molar-refractivity contribution in [3.8, 4) is 0 Å². The number of esters is 1. The topological polar surface area (TPSA) is 26.3 Å². The number of hydrogen-bond donors (Lipinski definition) is 0. The number of cyclic esters (lactones) is 1. The molecule has 0 unspecified atom stereocenters. The molecule has 0 aromatic rings. The van der Waals surface area contributed by atoms with E-state index in [-0.39, 0.29) is 11.9 Å². The van der Waals surface area contributed by atoms with Gasteiger partial charge >= 0.3 is 5.97 Å². The maximum atomic E-state index is 11.3. The minimum absolute atomic E-state index is 0.0162. The Labute approximate surface area is 72.6 Å². The molecule has 1 aliphatic carbocycles. The van der Waals surface area contributed by atoms with Gasteiger partial charge in [-0.1, -0.05) is 19.1 Å². The number of rotatable bonds is 0. The Morgan fingerprint density at radius 1 is 1.50 bits per heavy atom. The molecular formula is C10H14O2. The van der Waals surface area contributed by atoms with Crippen molar-refractivity contribution in [2.75, 3.05) is 6.61 Å². The molecule has 0 radical (unpaired) electrons. The molecule has 0 N–H and O–H groups in total. The van der Waals surface area contributed by atoms with Gasteiger partial charge in [-0.15, -0.1) is 0 Å². The van der Waals surface area contributed by atoms with E-state index in [2.05, 4.69) is 19.1 Å². The number of allylic oxidation sites excluding steroid dienone is 2. The van der Waals surface area contributed by atoms with Gasteiger partial charge in [0.15, 0.2) is 0 Å². The summed E-state index contributed by atoms with van der Waals surface area (Å²) >= 11 is 0. The summed E-state index contributed by atoms with van der Waals surface area (Å²) in [5.41, 5.74) is 0. The fourth-order valence-corrected chi connectivity index (χ4v) is 2.09. The summed E-state index contributed by atoms with van der Waals surface area (Å²) in [6, 6.07) is 0. The lowest BCUT2D eigenvalue weighted by molar-refractivity contribution is -0.156. The summed E-state index contributed by atoms with van der Waals surface area (Å²) in [6.45, 7) is 2.76. The fourth-order valence-electron chi connectivity index (χ4n) is 2.09. The molecule has 0 spiro atoms. The van der Waals surface area contributed by atoms with Crippen molar-refractivity contribution < 1.29 is 9.53 Å². The van der Waals surface area contributed by atoms with Gasteiger partial charge in [-0.25, -0.2) is 0 Å². The molecule has 1 fully saturated rings. The number of hydrogen-bond acceptors (Lipinski definition) is 2. The second kappa shape index (κ2) is 2.92. The summed E-state index contributed by atoms with van der Waals surface area (Å²) in [7, 11) is 0. The normalized spacial score (nSPS) is 40.4. The highest BCUT2D eigenvalue weighted by molar-refractivity contribution is 5.74. The lowest BCUT2D eigenvalue weighted by Crippen LogP contribution is -2.34. The van der Waals surface area contributed by atoms with Crippen LogP contribution in [0.5, 0.6) is 0 Å². The Morgan fingerprint density at radius 3 is 3.17 bits per heavy atom. The van der Waals surface area contributed by atoms with E-state index >= 15 is 0 Å². The zero-order valence-electron chi connectivity index (χ0n) is 7.32. The van der Waals surface area contributed by atoms with Crippen LogP contribution in [0.25, 0.3) is 0 Å². The lowest BCUT2D eigenvalue weighted by Gasteiger charge is -2.32. The quantitative estimate of drug-likeness (QED) is 0.405. The Morgan fingerprint density at radius 2 is 2.33 bits per heavy atom. The van der Waals surface area contributed by atoms with Crippen LogP contribution in [0.3, 0.4) is 0 Å².